The van der Waals surface area contributed by atoms with Crippen molar-refractivity contribution in [3.05, 3.63) is 41.8 Å². The van der Waals surface area contributed by atoms with Gasteiger partial charge in [-0.2, -0.15) is 4.98 Å². The highest BCUT2D eigenvalue weighted by molar-refractivity contribution is 7.98. The van der Waals surface area contributed by atoms with E-state index < -0.39 is 0 Å². The van der Waals surface area contributed by atoms with Crippen LogP contribution in [0.5, 0.6) is 5.75 Å². The van der Waals surface area contributed by atoms with Gasteiger partial charge in [-0.3, -0.25) is 9.89 Å². The Hall–Kier alpha value is -2.88. The van der Waals surface area contributed by atoms with Crippen LogP contribution in [-0.4, -0.2) is 38.3 Å². The van der Waals surface area contributed by atoms with E-state index in [-0.39, 0.29) is 12.3 Å². The number of aromatic amines is 1. The molecule has 0 bridgehead atoms. The fraction of sp³-hybridized carbons (Fsp3) is 0.312. The Bertz CT molecular complexity index is 878. The molecule has 3 aromatic rings. The van der Waals surface area contributed by atoms with Gasteiger partial charge >= 0.3 is 0 Å². The van der Waals surface area contributed by atoms with E-state index in [2.05, 4.69) is 30.6 Å². The zero-order valence-electron chi connectivity index (χ0n) is 14.4. The van der Waals surface area contributed by atoms with Crippen molar-refractivity contribution in [2.45, 2.75) is 30.7 Å². The highest BCUT2D eigenvalue weighted by atomic mass is 32.2. The number of thioether (sulfide) groups is 1. The molecule has 0 saturated heterocycles. The molecule has 0 aliphatic heterocycles. The van der Waals surface area contributed by atoms with E-state index in [0.29, 0.717) is 34.1 Å². The fourth-order valence-corrected chi connectivity index (χ4v) is 2.79. The normalized spacial score (nSPS) is 10.7. The average molecular weight is 374 g/mol. The minimum Gasteiger partial charge on any atom is -0.495 e. The molecule has 0 aliphatic rings. The number of nitrogens with one attached hydrogen (secondary N) is 2. The van der Waals surface area contributed by atoms with Gasteiger partial charge in [-0.1, -0.05) is 36.0 Å². The first-order chi connectivity index (χ1) is 12.7. The molecular formula is C16H18N6O3S. The molecule has 136 valence electrons. The average Bonchev–Trinajstić information content (AvgIpc) is 3.29. The van der Waals surface area contributed by atoms with Gasteiger partial charge in [0.25, 0.3) is 0 Å². The van der Waals surface area contributed by atoms with Crippen LogP contribution >= 0.6 is 11.8 Å². The number of nitrogens with zero attached hydrogens (tertiary/aromatic N) is 4. The minimum absolute atomic E-state index is 0.00680. The Labute approximate surface area is 153 Å². The molecule has 0 aliphatic carbocycles. The minimum atomic E-state index is -0.254. The van der Waals surface area contributed by atoms with Gasteiger partial charge in [-0.25, -0.2) is 4.98 Å². The van der Waals surface area contributed by atoms with Crippen LogP contribution in [0.4, 0.5) is 5.69 Å². The molecule has 0 spiro atoms. The van der Waals surface area contributed by atoms with Crippen LogP contribution in [0, 0.1) is 0 Å². The molecule has 1 amide bonds. The highest BCUT2D eigenvalue weighted by Crippen LogP contribution is 2.23. The molecule has 10 heteroatoms. The van der Waals surface area contributed by atoms with E-state index >= 15 is 0 Å². The third-order valence-electron chi connectivity index (χ3n) is 3.38. The van der Waals surface area contributed by atoms with E-state index in [9.17, 15) is 4.79 Å². The first-order valence-corrected chi connectivity index (χ1v) is 8.95. The van der Waals surface area contributed by atoms with Crippen molar-refractivity contribution in [3.63, 3.8) is 0 Å². The lowest BCUT2D eigenvalue weighted by atomic mass is 10.2. The van der Waals surface area contributed by atoms with E-state index in [4.69, 9.17) is 9.26 Å². The largest absolute Gasteiger partial charge is 0.495 e. The van der Waals surface area contributed by atoms with Gasteiger partial charge in [0.05, 0.1) is 25.0 Å². The van der Waals surface area contributed by atoms with Crippen molar-refractivity contribution < 1.29 is 14.1 Å². The summed E-state index contributed by atoms with van der Waals surface area (Å²) < 4.78 is 10.4. The van der Waals surface area contributed by atoms with Crippen LogP contribution in [0.1, 0.15) is 24.5 Å². The van der Waals surface area contributed by atoms with Crippen molar-refractivity contribution in [2.75, 3.05) is 12.4 Å². The van der Waals surface area contributed by atoms with Crippen molar-refractivity contribution in [3.8, 4) is 5.75 Å². The van der Waals surface area contributed by atoms with Crippen LogP contribution < -0.4 is 10.1 Å². The number of methoxy groups -OCH3 is 1. The Balaban J connectivity index is 1.53. The number of aromatic nitrogens is 5. The summed E-state index contributed by atoms with van der Waals surface area (Å²) in [7, 11) is 1.55. The maximum atomic E-state index is 12.2. The van der Waals surface area contributed by atoms with Gasteiger partial charge in [-0.05, 0) is 12.1 Å². The van der Waals surface area contributed by atoms with Gasteiger partial charge < -0.3 is 14.6 Å². The number of hydrogen-bond acceptors (Lipinski definition) is 8. The molecule has 0 atom stereocenters. The first-order valence-electron chi connectivity index (χ1n) is 7.96. The molecule has 9 nitrogen and oxygen atoms in total. The standard InChI is InChI=1S/C16H18N6O3S/c1-3-12-19-16(21-20-12)26-9-15-18-13(22-25-15)8-14(23)17-10-6-4-5-7-11(10)24-2/h4-7H,3,8-9H2,1-2H3,(H,17,23)(H,19,20,21). The number of hydrogen-bond donors (Lipinski definition) is 2. The number of carbonyl (C=O) groups is 1. The maximum Gasteiger partial charge on any atom is 0.237 e. The van der Waals surface area contributed by atoms with E-state index in [1.807, 2.05) is 19.1 Å². The summed E-state index contributed by atoms with van der Waals surface area (Å²) in [6.07, 6.45) is 0.798. The molecule has 3 rings (SSSR count). The number of amides is 1. The molecule has 0 saturated carbocycles. The second-order valence-corrected chi connectivity index (χ2v) is 6.18. The topological polar surface area (TPSA) is 119 Å². The smallest absolute Gasteiger partial charge is 0.237 e. The van der Waals surface area contributed by atoms with Crippen molar-refractivity contribution in [1.82, 2.24) is 25.3 Å². The van der Waals surface area contributed by atoms with E-state index in [1.165, 1.54) is 11.8 Å². The number of rotatable bonds is 8. The zero-order chi connectivity index (χ0) is 18.4. The van der Waals surface area contributed by atoms with E-state index in [1.54, 1.807) is 19.2 Å². The summed E-state index contributed by atoms with van der Waals surface area (Å²) in [5, 5.41) is 14.2. The second-order valence-electron chi connectivity index (χ2n) is 5.24. The number of anilines is 1. The molecule has 0 fully saturated rings. The quantitative estimate of drug-likeness (QED) is 0.576. The summed E-state index contributed by atoms with van der Waals surface area (Å²) >= 11 is 1.38. The molecule has 1 aromatic carbocycles. The fourth-order valence-electron chi connectivity index (χ4n) is 2.13. The zero-order valence-corrected chi connectivity index (χ0v) is 15.2. The van der Waals surface area contributed by atoms with E-state index in [0.717, 1.165) is 12.2 Å². The third-order valence-corrected chi connectivity index (χ3v) is 4.21. The van der Waals surface area contributed by atoms with Crippen LogP contribution in [0.15, 0.2) is 33.9 Å². The Morgan fingerprint density at radius 1 is 1.35 bits per heavy atom. The van der Waals surface area contributed by atoms with Crippen molar-refractivity contribution in [1.29, 1.82) is 0 Å². The lowest BCUT2D eigenvalue weighted by molar-refractivity contribution is -0.115. The van der Waals surface area contributed by atoms with Gasteiger partial charge in [0.2, 0.25) is 17.0 Å². The van der Waals surface area contributed by atoms with Gasteiger partial charge in [0.15, 0.2) is 5.82 Å². The van der Waals surface area contributed by atoms with Crippen LogP contribution in [0.3, 0.4) is 0 Å². The van der Waals surface area contributed by atoms with Crippen molar-refractivity contribution >= 4 is 23.4 Å². The van der Waals surface area contributed by atoms with Gasteiger partial charge in [0, 0.05) is 6.42 Å². The molecule has 0 unspecified atom stereocenters. The van der Waals surface area contributed by atoms with Crippen LogP contribution in [0.2, 0.25) is 0 Å². The molecule has 2 N–H and O–H groups in total. The predicted octanol–water partition coefficient (Wildman–Crippen LogP) is 2.23. The predicted molar refractivity (Wildman–Crippen MR) is 94.9 cm³/mol. The molecular weight excluding hydrogens is 356 g/mol. The summed E-state index contributed by atoms with van der Waals surface area (Å²) in [5.41, 5.74) is 0.593. The van der Waals surface area contributed by atoms with Crippen molar-refractivity contribution in [2.24, 2.45) is 0 Å². The van der Waals surface area contributed by atoms with Gasteiger partial charge in [-0.15, -0.1) is 5.10 Å². The van der Waals surface area contributed by atoms with Crippen LogP contribution in [-0.2, 0) is 23.4 Å². The highest BCUT2D eigenvalue weighted by Gasteiger charge is 2.14. The Kier molecular flexibility index (Phi) is 5.84. The lowest BCUT2D eigenvalue weighted by Gasteiger charge is -2.08. The Morgan fingerprint density at radius 3 is 2.96 bits per heavy atom. The maximum absolute atomic E-state index is 12.2. The summed E-state index contributed by atoms with van der Waals surface area (Å²) in [6.45, 7) is 2.00. The Morgan fingerprint density at radius 2 is 2.19 bits per heavy atom. The summed E-state index contributed by atoms with van der Waals surface area (Å²) in [4.78, 5) is 20.7. The number of benzene rings is 1. The molecule has 2 heterocycles. The molecule has 2 aromatic heterocycles. The number of carbonyl (C=O) groups excluding carboxylic acids is 1. The first kappa shape index (κ1) is 17.9. The number of aryl methyl sites for hydroxylation is 1. The molecule has 0 radical (unpaired) electrons. The molecule has 26 heavy (non-hydrogen) atoms. The SMILES string of the molecule is CCc1nc(SCc2nc(CC(=O)Nc3ccccc3OC)no2)n[nH]1. The van der Waals surface area contributed by atoms with Crippen LogP contribution in [0.25, 0.3) is 0 Å². The second kappa shape index (κ2) is 8.48. The lowest BCUT2D eigenvalue weighted by Crippen LogP contribution is -2.15. The monoisotopic (exact) mass is 374 g/mol. The third kappa shape index (κ3) is 4.60. The number of para-hydroxylation sites is 2. The summed E-state index contributed by atoms with van der Waals surface area (Å²) in [5.74, 6) is 2.32. The summed E-state index contributed by atoms with van der Waals surface area (Å²) in [6, 6.07) is 7.17. The van der Waals surface area contributed by atoms with Gasteiger partial charge in [0.1, 0.15) is 11.6 Å². The number of ether oxygens (including phenoxy) is 1. The number of H-pyrrole nitrogens is 1.